The highest BCUT2D eigenvalue weighted by Crippen LogP contribution is 2.46. The van der Waals surface area contributed by atoms with Crippen LogP contribution in [0, 0.1) is 0 Å². The van der Waals surface area contributed by atoms with Crippen molar-refractivity contribution >= 4 is 131 Å². The molecule has 21 aromatic carbocycles. The number of benzene rings is 21. The van der Waals surface area contributed by atoms with Gasteiger partial charge in [-0.2, -0.15) is 9.97 Å². The molecule has 0 saturated carbocycles. The molecule has 30 aromatic rings. The summed E-state index contributed by atoms with van der Waals surface area (Å²) in [5.41, 5.74) is 34.4. The molecule has 0 atom stereocenters. The number of hydrogen-bond donors (Lipinski definition) is 0. The lowest BCUT2D eigenvalue weighted by molar-refractivity contribution is 0.953. The van der Waals surface area contributed by atoms with Crippen molar-refractivity contribution in [1.29, 1.82) is 0 Å². The van der Waals surface area contributed by atoms with Gasteiger partial charge in [-0.15, -0.1) is 0 Å². The predicted molar refractivity (Wildman–Crippen MR) is 621 cm³/mol. The number of aromatic nitrogens is 12. The second kappa shape index (κ2) is 37.1. The quantitative estimate of drug-likeness (QED) is 0.101. The third-order valence-corrected chi connectivity index (χ3v) is 29.2. The first kappa shape index (κ1) is 87.5. The van der Waals surface area contributed by atoms with Gasteiger partial charge in [-0.3, -0.25) is 13.7 Å². The van der Waals surface area contributed by atoms with Crippen LogP contribution < -0.4 is 0 Å². The molecule has 702 valence electrons. The van der Waals surface area contributed by atoms with E-state index in [0.717, 1.165) is 117 Å². The van der Waals surface area contributed by atoms with Crippen LogP contribution in [0.2, 0.25) is 0 Å². The normalized spacial score (nSPS) is 11.6. The van der Waals surface area contributed by atoms with E-state index in [2.05, 4.69) is 501 Å². The van der Waals surface area contributed by atoms with Gasteiger partial charge in [-0.1, -0.05) is 382 Å². The number of rotatable bonds is 15. The van der Waals surface area contributed by atoms with Gasteiger partial charge < -0.3 is 13.7 Å². The highest BCUT2D eigenvalue weighted by atomic mass is 15.2. The molecule has 150 heavy (non-hydrogen) atoms. The number of nitrogens with zero attached hydrogens (tertiary/aromatic N) is 12. The van der Waals surface area contributed by atoms with Crippen molar-refractivity contribution in [3.63, 3.8) is 0 Å². The zero-order valence-corrected chi connectivity index (χ0v) is 81.3. The van der Waals surface area contributed by atoms with Crippen LogP contribution in [0.15, 0.2) is 546 Å². The van der Waals surface area contributed by atoms with Crippen LogP contribution in [0.5, 0.6) is 0 Å². The van der Waals surface area contributed by atoms with E-state index in [9.17, 15) is 0 Å². The number of pyridine rings is 1. The maximum absolute atomic E-state index is 5.30. The fraction of sp³-hybridized carbons (Fsp3) is 0. The van der Waals surface area contributed by atoms with Crippen molar-refractivity contribution in [3.8, 4) is 136 Å². The van der Waals surface area contributed by atoms with Gasteiger partial charge in [-0.05, 0) is 208 Å². The topological polar surface area (TPSA) is 107 Å². The Labute approximate surface area is 863 Å². The first-order valence-corrected chi connectivity index (χ1v) is 50.8. The average Bonchev–Trinajstić information content (AvgIpc) is 1.58. The van der Waals surface area contributed by atoms with Gasteiger partial charge >= 0.3 is 0 Å². The maximum atomic E-state index is 5.30. The summed E-state index contributed by atoms with van der Waals surface area (Å²) in [6.45, 7) is 0. The van der Waals surface area contributed by atoms with Crippen molar-refractivity contribution in [3.05, 3.63) is 546 Å². The zero-order valence-electron chi connectivity index (χ0n) is 81.3. The van der Waals surface area contributed by atoms with Crippen LogP contribution in [0.1, 0.15) is 0 Å². The summed E-state index contributed by atoms with van der Waals surface area (Å²) in [4.78, 5) is 30.8. The van der Waals surface area contributed by atoms with Crippen LogP contribution >= 0.6 is 0 Å². The third-order valence-electron chi connectivity index (χ3n) is 29.2. The molecular weight excluding hydrogens is 1830 g/mol. The zero-order chi connectivity index (χ0) is 99.1. The maximum Gasteiger partial charge on any atom is 0.238 e. The van der Waals surface area contributed by atoms with E-state index >= 15 is 0 Å². The minimum absolute atomic E-state index is 0.590. The van der Waals surface area contributed by atoms with Gasteiger partial charge in [0.25, 0.3) is 0 Å². The van der Waals surface area contributed by atoms with Gasteiger partial charge in [-0.25, -0.2) is 19.9 Å². The Morgan fingerprint density at radius 1 is 0.113 bits per heavy atom. The minimum Gasteiger partial charge on any atom is -0.309 e. The molecule has 30 rings (SSSR count). The van der Waals surface area contributed by atoms with E-state index in [1.807, 2.05) is 72.8 Å². The summed E-state index contributed by atoms with van der Waals surface area (Å²) in [5, 5.41) is 14.5. The molecule has 9 heterocycles. The molecule has 0 fully saturated rings. The van der Waals surface area contributed by atoms with Gasteiger partial charge in [0.2, 0.25) is 11.9 Å². The molecule has 0 aliphatic rings. The van der Waals surface area contributed by atoms with Crippen molar-refractivity contribution in [2.75, 3.05) is 0 Å². The molecule has 0 bridgehead atoms. The summed E-state index contributed by atoms with van der Waals surface area (Å²) in [5.74, 6) is 3.42. The Hall–Kier alpha value is -20.3. The molecule has 0 amide bonds. The van der Waals surface area contributed by atoms with E-state index in [-0.39, 0.29) is 0 Å². The predicted octanol–water partition coefficient (Wildman–Crippen LogP) is 35.0. The van der Waals surface area contributed by atoms with E-state index < -0.39 is 0 Å². The lowest BCUT2D eigenvalue weighted by atomic mass is 10.0. The van der Waals surface area contributed by atoms with E-state index in [0.29, 0.717) is 23.5 Å². The molecule has 0 radical (unpaired) electrons. The first-order valence-electron chi connectivity index (χ1n) is 50.8. The molecule has 0 aliphatic carbocycles. The Morgan fingerprint density at radius 3 is 0.620 bits per heavy atom. The molecule has 12 nitrogen and oxygen atoms in total. The van der Waals surface area contributed by atoms with Gasteiger partial charge in [0, 0.05) is 110 Å². The second-order valence-electron chi connectivity index (χ2n) is 38.0. The largest absolute Gasteiger partial charge is 0.309 e. The lowest BCUT2D eigenvalue weighted by Crippen LogP contribution is -2.06. The van der Waals surface area contributed by atoms with Crippen molar-refractivity contribution in [1.82, 2.24) is 57.3 Å². The van der Waals surface area contributed by atoms with Crippen LogP contribution in [-0.4, -0.2) is 57.3 Å². The Kier molecular flexibility index (Phi) is 21.6. The fourth-order valence-electron chi connectivity index (χ4n) is 22.3. The van der Waals surface area contributed by atoms with E-state index in [1.54, 1.807) is 0 Å². The SMILES string of the molecule is c1ccc(-c2cc(-c3ccccc3)nc(-n3c4ccccc4c4cc(-c5ccc6c(c5)c5ccccc5n6-c5ccccc5)ccc43)c2)cc1.c1ccc(-c2cc(-c3ccccc3)nc(-n3c4ccccc4c4cc(-c5ccc6c(c5)c5ccccc5n6-c5ccccc5)ccc43)n2)cc1.c1ccc(-c2nc(-c3ccccc3)nc(-n3c4ccccc4c4cc(-c5ccc6c(c5)c5ccccc5n6-c5ccccc5)ccc43)n2)cc1. The van der Waals surface area contributed by atoms with Crippen molar-refractivity contribution < 1.29 is 0 Å². The third kappa shape index (κ3) is 15.5. The Morgan fingerprint density at radius 2 is 0.327 bits per heavy atom. The minimum atomic E-state index is 0.590. The molecule has 0 saturated heterocycles. The van der Waals surface area contributed by atoms with Crippen LogP contribution in [0.25, 0.3) is 267 Å². The average molecular weight is 1920 g/mol. The summed E-state index contributed by atoms with van der Waals surface area (Å²) in [7, 11) is 0. The number of fused-ring (bicyclic) bond motifs is 18. The van der Waals surface area contributed by atoms with Crippen LogP contribution in [0.3, 0.4) is 0 Å². The summed E-state index contributed by atoms with van der Waals surface area (Å²) in [6, 6.07) is 193. The molecule has 9 aromatic heterocycles. The summed E-state index contributed by atoms with van der Waals surface area (Å²) < 4.78 is 13.8. The Balaban J connectivity index is 0.000000108. The monoisotopic (exact) mass is 1910 g/mol. The van der Waals surface area contributed by atoms with Crippen molar-refractivity contribution in [2.45, 2.75) is 0 Å². The molecule has 0 spiro atoms. The van der Waals surface area contributed by atoms with Crippen LogP contribution in [-0.2, 0) is 0 Å². The first-order chi connectivity index (χ1) is 74.4. The van der Waals surface area contributed by atoms with Crippen LogP contribution in [0.4, 0.5) is 0 Å². The van der Waals surface area contributed by atoms with Gasteiger partial charge in [0.1, 0.15) is 5.82 Å². The van der Waals surface area contributed by atoms with E-state index in [1.165, 1.54) is 126 Å². The van der Waals surface area contributed by atoms with Gasteiger partial charge in [0.05, 0.1) is 83.3 Å². The number of para-hydroxylation sites is 9. The highest BCUT2D eigenvalue weighted by molar-refractivity contribution is 6.17. The van der Waals surface area contributed by atoms with Gasteiger partial charge in [0.15, 0.2) is 11.6 Å². The number of hydrogen-bond acceptors (Lipinski definition) is 6. The fourth-order valence-corrected chi connectivity index (χ4v) is 22.3. The molecular formula is C138H90N12. The van der Waals surface area contributed by atoms with E-state index in [4.69, 9.17) is 29.9 Å². The standard InChI is InChI=1S/C47H31N3.C46H30N4.C45H29N5/c1-4-14-32(15-5-1)36-30-42(33-16-6-2-7-17-33)48-47(31-36)50-44-23-13-11-21-39(44)41-29-35(25-27-46(41)50)34-24-26-45-40(28-34)38-20-10-12-22-43(38)49(45)37-18-8-3-9-19-37;1-4-14-31(15-5-1)40-30-41(32-16-6-2-7-17-32)48-46(47-40)50-43-23-13-11-21-37(43)39-29-34(25-27-45(39)50)33-24-26-44-38(28-33)36-20-10-12-22-42(36)49(44)35-18-8-3-9-19-35;1-4-14-30(15-5-1)43-46-44(31-16-6-2-7-17-31)48-45(47-43)50-40-23-13-11-21-36(40)38-29-33(25-27-42(38)50)32-24-26-41-37(28-32)35-20-10-12-22-39(35)49(41)34-18-8-3-9-19-34/h1-31H;1-30H;1-29H. The molecule has 0 N–H and O–H groups in total. The molecule has 12 heteroatoms. The summed E-state index contributed by atoms with van der Waals surface area (Å²) in [6.07, 6.45) is 0. The smallest absolute Gasteiger partial charge is 0.238 e. The second-order valence-corrected chi connectivity index (χ2v) is 38.0. The van der Waals surface area contributed by atoms with Crippen molar-refractivity contribution in [2.24, 2.45) is 0 Å². The Bertz CT molecular complexity index is 9320. The molecule has 0 aliphatic heterocycles. The molecule has 0 unspecified atom stereocenters. The summed E-state index contributed by atoms with van der Waals surface area (Å²) >= 11 is 0. The highest BCUT2D eigenvalue weighted by Gasteiger charge is 2.26. The lowest BCUT2D eigenvalue weighted by Gasteiger charge is -2.13.